The average molecular weight is 621 g/mol. The number of rotatable bonds is 6. The first-order valence-electron chi connectivity index (χ1n) is 14.5. The second-order valence-electron chi connectivity index (χ2n) is 11.7. The fourth-order valence-electron chi connectivity index (χ4n) is 4.65. The van der Waals surface area contributed by atoms with Gasteiger partial charge in [0, 0.05) is 33.8 Å². The zero-order valence-corrected chi connectivity index (χ0v) is 26.5. The molecule has 9 heteroatoms. The molecule has 1 unspecified atom stereocenters. The van der Waals surface area contributed by atoms with Gasteiger partial charge in [0.25, 0.3) is 0 Å². The lowest BCUT2D eigenvalue weighted by molar-refractivity contribution is -0.163. The van der Waals surface area contributed by atoms with Crippen molar-refractivity contribution in [2.75, 3.05) is 6.61 Å². The number of benzene rings is 3. The molecule has 1 atom stereocenters. The van der Waals surface area contributed by atoms with Crippen LogP contribution >= 0.6 is 11.6 Å². The van der Waals surface area contributed by atoms with Crippen molar-refractivity contribution in [2.45, 2.75) is 66.1 Å². The van der Waals surface area contributed by atoms with E-state index in [9.17, 15) is 19.5 Å². The molecule has 1 aliphatic rings. The molecule has 232 valence electrons. The second-order valence-corrected chi connectivity index (χ2v) is 12.1. The van der Waals surface area contributed by atoms with Gasteiger partial charge >= 0.3 is 5.97 Å². The maximum atomic E-state index is 12.4. The Morgan fingerprint density at radius 2 is 1.64 bits per heavy atom. The van der Waals surface area contributed by atoms with E-state index in [0.29, 0.717) is 63.5 Å². The quantitative estimate of drug-likeness (QED) is 0.175. The highest BCUT2D eigenvalue weighted by Crippen LogP contribution is 2.38. The molecule has 0 bridgehead atoms. The van der Waals surface area contributed by atoms with Crippen molar-refractivity contribution in [1.29, 1.82) is 0 Å². The number of hydrogen-bond acceptors (Lipinski definition) is 8. The molecular formula is C35H37ClO8. The molecule has 44 heavy (non-hydrogen) atoms. The van der Waals surface area contributed by atoms with E-state index in [-0.39, 0.29) is 28.5 Å². The highest BCUT2D eigenvalue weighted by Gasteiger charge is 2.32. The Kier molecular flexibility index (Phi) is 10.0. The molecule has 4 aromatic rings. The van der Waals surface area contributed by atoms with Crippen LogP contribution in [0.15, 0.2) is 69.9 Å². The van der Waals surface area contributed by atoms with E-state index in [0.717, 1.165) is 6.42 Å². The molecule has 1 N–H and O–H groups in total. The van der Waals surface area contributed by atoms with Gasteiger partial charge in [-0.25, -0.2) is 4.79 Å². The average Bonchev–Trinajstić information content (AvgIpc) is 3.14. The van der Waals surface area contributed by atoms with Gasteiger partial charge in [-0.2, -0.15) is 0 Å². The lowest BCUT2D eigenvalue weighted by Gasteiger charge is -2.25. The normalized spacial score (nSPS) is 14.5. The summed E-state index contributed by atoms with van der Waals surface area (Å²) in [5.74, 6) is 1.53. The van der Waals surface area contributed by atoms with E-state index in [1.165, 1.54) is 6.07 Å². The van der Waals surface area contributed by atoms with Crippen molar-refractivity contribution in [3.63, 3.8) is 0 Å². The van der Waals surface area contributed by atoms with Crippen molar-refractivity contribution in [2.24, 2.45) is 5.92 Å². The van der Waals surface area contributed by atoms with Crippen LogP contribution in [0, 0.1) is 12.8 Å². The maximum absolute atomic E-state index is 12.4. The van der Waals surface area contributed by atoms with Crippen LogP contribution in [0.25, 0.3) is 11.0 Å². The molecule has 0 fully saturated rings. The summed E-state index contributed by atoms with van der Waals surface area (Å²) in [6.45, 7) is 11.3. The number of carbonyl (C=O) groups is 2. The highest BCUT2D eigenvalue weighted by molar-refractivity contribution is 6.30. The monoisotopic (exact) mass is 620 g/mol. The summed E-state index contributed by atoms with van der Waals surface area (Å²) in [6.07, 6.45) is 1.43. The van der Waals surface area contributed by atoms with Gasteiger partial charge in [-0.15, -0.1) is 0 Å². The predicted molar refractivity (Wildman–Crippen MR) is 169 cm³/mol. The van der Waals surface area contributed by atoms with Gasteiger partial charge in [0.15, 0.2) is 16.8 Å². The minimum absolute atomic E-state index is 0.00958. The van der Waals surface area contributed by atoms with E-state index in [1.54, 1.807) is 89.2 Å². The molecule has 8 nitrogen and oxygen atoms in total. The number of esters is 1. The summed E-state index contributed by atoms with van der Waals surface area (Å²) < 4.78 is 22.1. The van der Waals surface area contributed by atoms with Crippen molar-refractivity contribution in [3.05, 3.63) is 98.4 Å². The number of hydrogen-bond donors (Lipinski definition) is 1. The van der Waals surface area contributed by atoms with Crippen molar-refractivity contribution in [1.82, 2.24) is 0 Å². The standard InChI is InChI=1S/C20H21ClO4.C15H16O4/c1-13(2)24-19(23)20(3,4)25-17-11-7-15(8-12-17)18(22)14-5-9-16(21)10-6-14;1-8-3-4-10-12(18-7-8)6-13-14(15(10)17)11(16)5-9(2)19-13/h5-13H,1-4H3;5-6,8,17H,3-4,7H2,1-2H3. The number of carbonyl (C=O) groups excluding carboxylic acids is 2. The molecule has 5 rings (SSSR count). The minimum Gasteiger partial charge on any atom is -0.507 e. The number of aryl methyl sites for hydroxylation is 1. The molecular weight excluding hydrogens is 584 g/mol. The molecule has 3 aromatic carbocycles. The van der Waals surface area contributed by atoms with Crippen LogP contribution in [0.2, 0.25) is 5.02 Å². The van der Waals surface area contributed by atoms with Crippen LogP contribution in [0.1, 0.15) is 68.3 Å². The topological polar surface area (TPSA) is 112 Å². The van der Waals surface area contributed by atoms with Gasteiger partial charge in [-0.3, -0.25) is 9.59 Å². The predicted octanol–water partition coefficient (Wildman–Crippen LogP) is 7.45. The lowest BCUT2D eigenvalue weighted by Crippen LogP contribution is -2.40. The van der Waals surface area contributed by atoms with Gasteiger partial charge in [0.05, 0.1) is 12.7 Å². The molecule has 1 aromatic heterocycles. The number of phenolic OH excluding ortho intramolecular Hbond substituents is 1. The number of ketones is 1. The SMILES string of the molecule is CC(C)OC(=O)C(C)(C)Oc1ccc(C(=O)c2ccc(Cl)cc2)cc1.Cc1cc(=O)c2c(O)c3c(cc2o1)OCC(C)CC3. The Balaban J connectivity index is 0.000000208. The largest absolute Gasteiger partial charge is 0.507 e. The molecule has 0 saturated heterocycles. The first kappa shape index (κ1) is 32.6. The molecule has 0 radical (unpaired) electrons. The van der Waals surface area contributed by atoms with Crippen molar-refractivity contribution >= 4 is 34.3 Å². The summed E-state index contributed by atoms with van der Waals surface area (Å²) in [7, 11) is 0. The fourth-order valence-corrected chi connectivity index (χ4v) is 4.78. The Bertz CT molecular complexity index is 1700. The van der Waals surface area contributed by atoms with E-state index in [2.05, 4.69) is 6.92 Å². The van der Waals surface area contributed by atoms with Crippen molar-refractivity contribution < 1.29 is 33.3 Å². The highest BCUT2D eigenvalue weighted by atomic mass is 35.5. The van der Waals surface area contributed by atoms with E-state index in [4.69, 9.17) is 30.2 Å². The third-order valence-electron chi connectivity index (χ3n) is 7.02. The van der Waals surface area contributed by atoms with Gasteiger partial charge in [-0.05, 0) is 102 Å². The molecule has 0 amide bonds. The maximum Gasteiger partial charge on any atom is 0.350 e. The van der Waals surface area contributed by atoms with Crippen LogP contribution in [0.3, 0.4) is 0 Å². The first-order chi connectivity index (χ1) is 20.7. The molecule has 0 aliphatic carbocycles. The lowest BCUT2D eigenvalue weighted by atomic mass is 10.00. The van der Waals surface area contributed by atoms with Crippen LogP contribution in [-0.2, 0) is 16.0 Å². The van der Waals surface area contributed by atoms with E-state index in [1.807, 2.05) is 0 Å². The third-order valence-corrected chi connectivity index (χ3v) is 7.27. The number of fused-ring (bicyclic) bond motifs is 2. The van der Waals surface area contributed by atoms with Crippen LogP contribution in [0.5, 0.6) is 17.2 Å². The van der Waals surface area contributed by atoms with E-state index < -0.39 is 11.6 Å². The van der Waals surface area contributed by atoms with E-state index >= 15 is 0 Å². The van der Waals surface area contributed by atoms with Crippen LogP contribution in [-0.4, -0.2) is 35.2 Å². The van der Waals surface area contributed by atoms with Crippen molar-refractivity contribution in [3.8, 4) is 17.2 Å². The number of halogens is 1. The smallest absolute Gasteiger partial charge is 0.350 e. The Morgan fingerprint density at radius 3 is 2.25 bits per heavy atom. The second kappa shape index (κ2) is 13.6. The van der Waals surface area contributed by atoms with Gasteiger partial charge in [-0.1, -0.05) is 18.5 Å². The minimum atomic E-state index is -1.12. The molecule has 2 heterocycles. The number of ether oxygens (including phenoxy) is 3. The number of phenols is 1. The van der Waals surface area contributed by atoms with Crippen LogP contribution in [0.4, 0.5) is 0 Å². The summed E-state index contributed by atoms with van der Waals surface area (Å²) in [5, 5.41) is 11.2. The summed E-state index contributed by atoms with van der Waals surface area (Å²) in [5.41, 5.74) is 0.850. The fraction of sp³-hybridized carbons (Fsp3) is 0.343. The summed E-state index contributed by atoms with van der Waals surface area (Å²) >= 11 is 5.84. The Hall–Kier alpha value is -4.30. The Morgan fingerprint density at radius 1 is 1.02 bits per heavy atom. The molecule has 0 spiro atoms. The first-order valence-corrected chi connectivity index (χ1v) is 14.9. The zero-order chi connectivity index (χ0) is 32.2. The van der Waals surface area contributed by atoms with Crippen LogP contribution < -0.4 is 14.9 Å². The third kappa shape index (κ3) is 7.80. The van der Waals surface area contributed by atoms with Gasteiger partial charge in [0.2, 0.25) is 0 Å². The Labute approximate surface area is 261 Å². The zero-order valence-electron chi connectivity index (χ0n) is 25.7. The summed E-state index contributed by atoms with van der Waals surface area (Å²) in [6, 6.07) is 16.5. The molecule has 0 saturated carbocycles. The number of aromatic hydroxyl groups is 1. The van der Waals surface area contributed by atoms with Gasteiger partial charge in [0.1, 0.15) is 34.0 Å². The molecule has 1 aliphatic heterocycles. The summed E-state index contributed by atoms with van der Waals surface area (Å²) in [4.78, 5) is 36.5. The van der Waals surface area contributed by atoms with Gasteiger partial charge < -0.3 is 23.7 Å².